The number of piperidine rings is 1. The second kappa shape index (κ2) is 7.56. The lowest BCUT2D eigenvalue weighted by atomic mass is 10.1. The third-order valence-corrected chi connectivity index (χ3v) is 5.19. The fraction of sp³-hybridized carbons (Fsp3) is 0.650. The van der Waals surface area contributed by atoms with E-state index in [-0.39, 0.29) is 12.0 Å². The van der Waals surface area contributed by atoms with Crippen LogP contribution in [0.25, 0.3) is 0 Å². The van der Waals surface area contributed by atoms with Gasteiger partial charge in [-0.25, -0.2) is 0 Å². The topological polar surface area (TPSA) is 32.8 Å². The highest BCUT2D eigenvalue weighted by atomic mass is 16.5. The Labute approximate surface area is 145 Å². The van der Waals surface area contributed by atoms with Gasteiger partial charge in [0.1, 0.15) is 11.9 Å². The summed E-state index contributed by atoms with van der Waals surface area (Å²) in [5.74, 6) is 2.03. The Bertz CT molecular complexity index is 575. The quantitative estimate of drug-likeness (QED) is 0.804. The lowest BCUT2D eigenvalue weighted by Gasteiger charge is -2.33. The number of ether oxygens (including phenoxy) is 1. The fourth-order valence-electron chi connectivity index (χ4n) is 3.30. The molecule has 132 valence electrons. The zero-order valence-corrected chi connectivity index (χ0v) is 15.3. The van der Waals surface area contributed by atoms with E-state index in [1.807, 2.05) is 11.9 Å². The maximum absolute atomic E-state index is 12.3. The molecule has 1 saturated carbocycles. The highest BCUT2D eigenvalue weighted by Gasteiger charge is 2.27. The first-order chi connectivity index (χ1) is 11.5. The lowest BCUT2D eigenvalue weighted by molar-refractivity contribution is -0.131. The van der Waals surface area contributed by atoms with Crippen molar-refractivity contribution >= 4 is 5.91 Å². The summed E-state index contributed by atoms with van der Waals surface area (Å²) in [6.07, 6.45) is 4.83. The van der Waals surface area contributed by atoms with E-state index in [0.29, 0.717) is 6.54 Å². The van der Waals surface area contributed by atoms with E-state index >= 15 is 0 Å². The van der Waals surface area contributed by atoms with E-state index in [4.69, 9.17) is 4.74 Å². The van der Waals surface area contributed by atoms with Gasteiger partial charge in [0.15, 0.2) is 0 Å². The Morgan fingerprint density at radius 1 is 1.21 bits per heavy atom. The van der Waals surface area contributed by atoms with Gasteiger partial charge in [0.05, 0.1) is 6.54 Å². The van der Waals surface area contributed by atoms with Crippen LogP contribution in [0.5, 0.6) is 5.75 Å². The molecule has 0 radical (unpaired) electrons. The molecule has 4 nitrogen and oxygen atoms in total. The summed E-state index contributed by atoms with van der Waals surface area (Å²) < 4.78 is 6.21. The van der Waals surface area contributed by atoms with Crippen molar-refractivity contribution in [1.29, 1.82) is 0 Å². The van der Waals surface area contributed by atoms with Crippen LogP contribution in [0.1, 0.15) is 36.8 Å². The molecular weight excluding hydrogens is 300 g/mol. The molecule has 3 rings (SSSR count). The van der Waals surface area contributed by atoms with Gasteiger partial charge in [-0.2, -0.15) is 0 Å². The van der Waals surface area contributed by atoms with Crippen molar-refractivity contribution in [2.24, 2.45) is 5.92 Å². The number of rotatable bonds is 6. The number of aryl methyl sites for hydroxylation is 2. The molecule has 1 aliphatic heterocycles. The van der Waals surface area contributed by atoms with Crippen LogP contribution in [0, 0.1) is 19.8 Å². The molecule has 4 heteroatoms. The standard InChI is InChI=1S/C20H30N2O2/c1-15-4-5-16(2)19(12-15)24-18-8-10-22(11-9-18)14-20(23)21(3)13-17-6-7-17/h4-5,12,17-18H,6-11,13-14H2,1-3H3. The Hall–Kier alpha value is -1.55. The zero-order chi connectivity index (χ0) is 17.1. The number of carbonyl (C=O) groups excluding carboxylic acids is 1. The van der Waals surface area contributed by atoms with Gasteiger partial charge in [0.25, 0.3) is 0 Å². The molecule has 0 aromatic heterocycles. The number of hydrogen-bond donors (Lipinski definition) is 0. The Kier molecular flexibility index (Phi) is 5.44. The number of nitrogens with zero attached hydrogens (tertiary/aromatic N) is 2. The molecule has 1 aromatic rings. The van der Waals surface area contributed by atoms with E-state index in [2.05, 4.69) is 36.9 Å². The van der Waals surface area contributed by atoms with Crippen molar-refractivity contribution in [2.45, 2.75) is 45.6 Å². The Morgan fingerprint density at radius 3 is 2.58 bits per heavy atom. The second-order valence-electron chi connectivity index (χ2n) is 7.58. The molecule has 1 aromatic carbocycles. The Morgan fingerprint density at radius 2 is 1.92 bits per heavy atom. The predicted molar refractivity (Wildman–Crippen MR) is 96.4 cm³/mol. The van der Waals surface area contributed by atoms with Crippen LogP contribution in [0.3, 0.4) is 0 Å². The van der Waals surface area contributed by atoms with E-state index in [9.17, 15) is 4.79 Å². The monoisotopic (exact) mass is 330 g/mol. The number of benzene rings is 1. The van der Waals surface area contributed by atoms with Crippen LogP contribution in [0.4, 0.5) is 0 Å². The van der Waals surface area contributed by atoms with Crippen molar-refractivity contribution in [1.82, 2.24) is 9.80 Å². The molecule has 2 aliphatic rings. The van der Waals surface area contributed by atoms with Crippen LogP contribution in [-0.4, -0.2) is 55.0 Å². The predicted octanol–water partition coefficient (Wildman–Crippen LogP) is 3.02. The largest absolute Gasteiger partial charge is 0.490 e. The second-order valence-corrected chi connectivity index (χ2v) is 7.58. The van der Waals surface area contributed by atoms with Gasteiger partial charge in [-0.15, -0.1) is 0 Å². The van der Waals surface area contributed by atoms with Gasteiger partial charge >= 0.3 is 0 Å². The van der Waals surface area contributed by atoms with Crippen LogP contribution in [-0.2, 0) is 4.79 Å². The summed E-state index contributed by atoms with van der Waals surface area (Å²) in [6.45, 7) is 7.57. The summed E-state index contributed by atoms with van der Waals surface area (Å²) in [6, 6.07) is 6.36. The molecule has 0 unspecified atom stereocenters. The lowest BCUT2D eigenvalue weighted by Crippen LogP contribution is -2.44. The average Bonchev–Trinajstić information content (AvgIpc) is 3.36. The van der Waals surface area contributed by atoms with Crippen LogP contribution >= 0.6 is 0 Å². The summed E-state index contributed by atoms with van der Waals surface area (Å²) >= 11 is 0. The van der Waals surface area contributed by atoms with Gasteiger partial charge in [0, 0.05) is 26.7 Å². The number of amides is 1. The summed E-state index contributed by atoms with van der Waals surface area (Å²) in [7, 11) is 1.94. The molecular formula is C20H30N2O2. The van der Waals surface area contributed by atoms with Gasteiger partial charge in [-0.05, 0) is 62.6 Å². The number of hydrogen-bond acceptors (Lipinski definition) is 3. The highest BCUT2D eigenvalue weighted by molar-refractivity contribution is 5.78. The maximum atomic E-state index is 12.3. The van der Waals surface area contributed by atoms with Crippen LogP contribution < -0.4 is 4.74 Å². The molecule has 1 heterocycles. The molecule has 0 N–H and O–H groups in total. The molecule has 24 heavy (non-hydrogen) atoms. The summed E-state index contributed by atoms with van der Waals surface area (Å²) in [4.78, 5) is 16.5. The summed E-state index contributed by atoms with van der Waals surface area (Å²) in [5, 5.41) is 0. The van der Waals surface area contributed by atoms with Crippen LogP contribution in [0.2, 0.25) is 0 Å². The third-order valence-electron chi connectivity index (χ3n) is 5.19. The molecule has 1 amide bonds. The normalized spacial score (nSPS) is 19.3. The van der Waals surface area contributed by atoms with E-state index < -0.39 is 0 Å². The minimum Gasteiger partial charge on any atom is -0.490 e. The smallest absolute Gasteiger partial charge is 0.236 e. The van der Waals surface area contributed by atoms with Gasteiger partial charge < -0.3 is 9.64 Å². The van der Waals surface area contributed by atoms with Crippen molar-refractivity contribution in [3.8, 4) is 5.75 Å². The van der Waals surface area contributed by atoms with Crippen molar-refractivity contribution in [3.63, 3.8) is 0 Å². The zero-order valence-electron chi connectivity index (χ0n) is 15.3. The SMILES string of the molecule is Cc1ccc(C)c(OC2CCN(CC(=O)N(C)CC3CC3)CC2)c1. The van der Waals surface area contributed by atoms with E-state index in [1.165, 1.54) is 24.0 Å². The van der Waals surface area contributed by atoms with Gasteiger partial charge in [0.2, 0.25) is 5.91 Å². The van der Waals surface area contributed by atoms with E-state index in [1.54, 1.807) is 0 Å². The van der Waals surface area contributed by atoms with Crippen molar-refractivity contribution in [2.75, 3.05) is 33.2 Å². The van der Waals surface area contributed by atoms with Crippen molar-refractivity contribution < 1.29 is 9.53 Å². The molecule has 0 bridgehead atoms. The first kappa shape index (κ1) is 17.3. The molecule has 0 spiro atoms. The average molecular weight is 330 g/mol. The summed E-state index contributed by atoms with van der Waals surface area (Å²) in [5.41, 5.74) is 2.43. The number of likely N-dealkylation sites (N-methyl/N-ethyl adjacent to an activating group) is 1. The van der Waals surface area contributed by atoms with Gasteiger partial charge in [-0.1, -0.05) is 12.1 Å². The molecule has 2 fully saturated rings. The molecule has 0 atom stereocenters. The third kappa shape index (κ3) is 4.73. The first-order valence-corrected chi connectivity index (χ1v) is 9.21. The number of carbonyl (C=O) groups is 1. The minimum absolute atomic E-state index is 0.260. The van der Waals surface area contributed by atoms with Gasteiger partial charge in [-0.3, -0.25) is 9.69 Å². The Balaban J connectivity index is 1.43. The molecule has 1 saturated heterocycles. The highest BCUT2D eigenvalue weighted by Crippen LogP contribution is 2.29. The first-order valence-electron chi connectivity index (χ1n) is 9.21. The fourth-order valence-corrected chi connectivity index (χ4v) is 3.30. The maximum Gasteiger partial charge on any atom is 0.236 e. The van der Waals surface area contributed by atoms with Crippen LogP contribution in [0.15, 0.2) is 18.2 Å². The minimum atomic E-state index is 0.260. The molecule has 1 aliphatic carbocycles. The van der Waals surface area contributed by atoms with Crippen molar-refractivity contribution in [3.05, 3.63) is 29.3 Å². The van der Waals surface area contributed by atoms with E-state index in [0.717, 1.165) is 44.1 Å². The number of likely N-dealkylation sites (tertiary alicyclic amines) is 1.